The van der Waals surface area contributed by atoms with E-state index < -0.39 is 20.0 Å². The standard InChI is InChI=1S/C50H72N2O7S2/c1-4-6-8-10-12-14-16-18-20-25-37-57-44-29-33-46(34-30-44)60(53,54)51-48-40-50(59-41-43-27-23-22-24-28-43)49(39-42(48)3)52-61(55,56)47-35-31-45(32-36-47)58-38-26-21-19-17-15-13-11-9-7-5-2/h22-24,27-36,39-40,51-52H,4-21,25-26,37-38,41H2,1-3H3. The first-order valence-corrected chi connectivity index (χ1v) is 25.9. The summed E-state index contributed by atoms with van der Waals surface area (Å²) >= 11 is 0. The quantitative estimate of drug-likeness (QED) is 0.0457. The molecule has 0 fully saturated rings. The van der Waals surface area contributed by atoms with Gasteiger partial charge in [-0.1, -0.05) is 160 Å². The lowest BCUT2D eigenvalue weighted by atomic mass is 10.1. The second-order valence-corrected chi connectivity index (χ2v) is 19.5. The molecular formula is C50H72N2O7S2. The Hall–Kier alpha value is -4.22. The van der Waals surface area contributed by atoms with Crippen LogP contribution in [0.5, 0.6) is 17.2 Å². The fourth-order valence-electron chi connectivity index (χ4n) is 7.13. The van der Waals surface area contributed by atoms with Gasteiger partial charge in [0.1, 0.15) is 23.9 Å². The predicted octanol–water partition coefficient (Wildman–Crippen LogP) is 13.8. The molecule has 0 saturated carbocycles. The molecule has 11 heteroatoms. The van der Waals surface area contributed by atoms with E-state index in [2.05, 4.69) is 23.3 Å². The van der Waals surface area contributed by atoms with Crippen LogP contribution in [0.3, 0.4) is 0 Å². The average molecular weight is 877 g/mol. The molecule has 336 valence electrons. The van der Waals surface area contributed by atoms with Gasteiger partial charge in [-0.25, -0.2) is 16.8 Å². The molecular weight excluding hydrogens is 805 g/mol. The van der Waals surface area contributed by atoms with E-state index in [4.69, 9.17) is 14.2 Å². The Morgan fingerprint density at radius 2 is 0.836 bits per heavy atom. The summed E-state index contributed by atoms with van der Waals surface area (Å²) < 4.78 is 77.9. The van der Waals surface area contributed by atoms with Crippen LogP contribution in [-0.2, 0) is 26.7 Å². The van der Waals surface area contributed by atoms with E-state index in [0.29, 0.717) is 30.3 Å². The van der Waals surface area contributed by atoms with E-state index in [-0.39, 0.29) is 33.5 Å². The molecule has 2 N–H and O–H groups in total. The van der Waals surface area contributed by atoms with E-state index in [1.54, 1.807) is 37.3 Å². The van der Waals surface area contributed by atoms with E-state index >= 15 is 0 Å². The van der Waals surface area contributed by atoms with Crippen molar-refractivity contribution in [2.45, 2.75) is 166 Å². The number of anilines is 2. The Bertz CT molecular complexity index is 2020. The van der Waals surface area contributed by atoms with E-state index in [1.165, 1.54) is 133 Å². The van der Waals surface area contributed by atoms with Crippen LogP contribution in [0, 0.1) is 6.92 Å². The van der Waals surface area contributed by atoms with Crippen LogP contribution in [0.4, 0.5) is 11.4 Å². The fraction of sp³-hybridized carbons (Fsp3) is 0.520. The van der Waals surface area contributed by atoms with Crippen molar-refractivity contribution in [3.8, 4) is 17.2 Å². The highest BCUT2D eigenvalue weighted by molar-refractivity contribution is 7.93. The summed E-state index contributed by atoms with van der Waals surface area (Å²) in [7, 11) is -8.05. The van der Waals surface area contributed by atoms with Crippen molar-refractivity contribution in [1.29, 1.82) is 0 Å². The monoisotopic (exact) mass is 876 g/mol. The molecule has 0 aliphatic heterocycles. The van der Waals surface area contributed by atoms with Gasteiger partial charge in [0.25, 0.3) is 20.0 Å². The van der Waals surface area contributed by atoms with Gasteiger partial charge in [0.2, 0.25) is 0 Å². The molecule has 0 aliphatic rings. The van der Waals surface area contributed by atoms with Crippen molar-refractivity contribution in [3.63, 3.8) is 0 Å². The van der Waals surface area contributed by atoms with Crippen molar-refractivity contribution in [2.24, 2.45) is 0 Å². The van der Waals surface area contributed by atoms with Gasteiger partial charge in [-0.15, -0.1) is 0 Å². The lowest BCUT2D eigenvalue weighted by Crippen LogP contribution is -2.16. The number of hydrogen-bond acceptors (Lipinski definition) is 7. The SMILES string of the molecule is CCCCCCCCCCCCOc1ccc(S(=O)(=O)Nc2cc(OCc3ccccc3)c(NS(=O)(=O)c3ccc(OCCCCCCCCCCCC)cc3)cc2C)cc1. The summed E-state index contributed by atoms with van der Waals surface area (Å²) in [6.07, 6.45) is 24.9. The topological polar surface area (TPSA) is 120 Å². The van der Waals surface area contributed by atoms with Gasteiger partial charge in [0, 0.05) is 6.07 Å². The number of unbranched alkanes of at least 4 members (excludes halogenated alkanes) is 18. The molecule has 0 unspecified atom stereocenters. The van der Waals surface area contributed by atoms with Crippen molar-refractivity contribution in [1.82, 2.24) is 0 Å². The molecule has 0 amide bonds. The molecule has 0 spiro atoms. The third-order valence-electron chi connectivity index (χ3n) is 10.9. The number of sulfonamides is 2. The molecule has 9 nitrogen and oxygen atoms in total. The van der Waals surface area contributed by atoms with Crippen molar-refractivity contribution >= 4 is 31.4 Å². The second-order valence-electron chi connectivity index (χ2n) is 16.2. The van der Waals surface area contributed by atoms with Crippen LogP contribution in [0.2, 0.25) is 0 Å². The minimum Gasteiger partial charge on any atom is -0.494 e. The molecule has 0 aromatic heterocycles. The molecule has 4 aromatic rings. The summed E-state index contributed by atoms with van der Waals surface area (Å²) in [5.74, 6) is 1.40. The molecule has 4 aromatic carbocycles. The highest BCUT2D eigenvalue weighted by Gasteiger charge is 2.21. The Morgan fingerprint density at radius 3 is 1.26 bits per heavy atom. The summed E-state index contributed by atoms with van der Waals surface area (Å²) in [4.78, 5) is 0.136. The number of benzene rings is 4. The van der Waals surface area contributed by atoms with Gasteiger partial charge >= 0.3 is 0 Å². The Labute approximate surface area is 368 Å². The number of nitrogens with one attached hydrogen (secondary N) is 2. The lowest BCUT2D eigenvalue weighted by molar-refractivity contribution is 0.304. The molecule has 0 saturated heterocycles. The Morgan fingerprint density at radius 1 is 0.443 bits per heavy atom. The minimum atomic E-state index is -4.05. The van der Waals surface area contributed by atoms with Crippen molar-refractivity contribution in [3.05, 3.63) is 102 Å². The third kappa shape index (κ3) is 18.7. The average Bonchev–Trinajstić information content (AvgIpc) is 3.25. The second kappa shape index (κ2) is 27.7. The smallest absolute Gasteiger partial charge is 0.262 e. The summed E-state index contributed by atoms with van der Waals surface area (Å²) in [6.45, 7) is 7.49. The molecule has 61 heavy (non-hydrogen) atoms. The summed E-state index contributed by atoms with van der Waals surface area (Å²) in [5.41, 5.74) is 1.81. The van der Waals surface area contributed by atoms with Crippen molar-refractivity contribution in [2.75, 3.05) is 22.7 Å². The maximum absolute atomic E-state index is 13.7. The zero-order valence-electron chi connectivity index (χ0n) is 37.1. The van der Waals surface area contributed by atoms with Crippen LogP contribution >= 0.6 is 0 Å². The van der Waals surface area contributed by atoms with Gasteiger partial charge in [-0.05, 0) is 85.5 Å². The molecule has 0 bridgehead atoms. The van der Waals surface area contributed by atoms with Gasteiger partial charge in [-0.3, -0.25) is 9.44 Å². The minimum absolute atomic E-state index is 0.0613. The number of aryl methyl sites for hydroxylation is 1. The van der Waals surface area contributed by atoms with Gasteiger partial charge in [-0.2, -0.15) is 0 Å². The fourth-order valence-corrected chi connectivity index (χ4v) is 9.31. The largest absolute Gasteiger partial charge is 0.494 e. The normalized spacial score (nSPS) is 11.7. The zero-order valence-corrected chi connectivity index (χ0v) is 38.7. The molecule has 4 rings (SSSR count). The first-order valence-electron chi connectivity index (χ1n) is 22.9. The first-order chi connectivity index (χ1) is 29.6. The Balaban J connectivity index is 1.33. The maximum Gasteiger partial charge on any atom is 0.262 e. The van der Waals surface area contributed by atoms with Crippen molar-refractivity contribution < 1.29 is 31.0 Å². The summed E-state index contributed by atoms with van der Waals surface area (Å²) in [5, 5.41) is 0. The highest BCUT2D eigenvalue weighted by Crippen LogP contribution is 2.35. The van der Waals surface area contributed by atoms with E-state index in [9.17, 15) is 16.8 Å². The third-order valence-corrected chi connectivity index (χ3v) is 13.6. The Kier molecular flexibility index (Phi) is 22.4. The number of ether oxygens (including phenoxy) is 3. The highest BCUT2D eigenvalue weighted by atomic mass is 32.2. The van der Waals surface area contributed by atoms with Gasteiger partial charge < -0.3 is 14.2 Å². The molecule has 0 radical (unpaired) electrons. The first kappa shape index (κ1) is 49.4. The molecule has 0 atom stereocenters. The van der Waals surface area contributed by atoms with Crippen LogP contribution in [0.1, 0.15) is 153 Å². The maximum atomic E-state index is 13.7. The summed E-state index contributed by atoms with van der Waals surface area (Å²) in [6, 6.07) is 25.3. The van der Waals surface area contributed by atoms with E-state index in [1.807, 2.05) is 30.3 Å². The van der Waals surface area contributed by atoms with Crippen LogP contribution < -0.4 is 23.7 Å². The van der Waals surface area contributed by atoms with E-state index in [0.717, 1.165) is 31.2 Å². The molecule has 0 heterocycles. The zero-order chi connectivity index (χ0) is 43.6. The lowest BCUT2D eigenvalue weighted by Gasteiger charge is -2.18. The molecule has 0 aliphatic carbocycles. The van der Waals surface area contributed by atoms with Crippen LogP contribution in [0.25, 0.3) is 0 Å². The predicted molar refractivity (Wildman–Crippen MR) is 251 cm³/mol. The number of rotatable bonds is 33. The van der Waals surface area contributed by atoms with Gasteiger partial charge in [0.05, 0.1) is 34.4 Å². The van der Waals surface area contributed by atoms with Crippen LogP contribution in [-0.4, -0.2) is 30.0 Å². The van der Waals surface area contributed by atoms with Gasteiger partial charge in [0.15, 0.2) is 0 Å². The number of hydrogen-bond donors (Lipinski definition) is 2. The van der Waals surface area contributed by atoms with Crippen LogP contribution in [0.15, 0.2) is 101 Å².